The van der Waals surface area contributed by atoms with E-state index >= 15 is 0 Å². The third-order valence-electron chi connectivity index (χ3n) is 3.54. The summed E-state index contributed by atoms with van der Waals surface area (Å²) in [5, 5.41) is 21.6. The summed E-state index contributed by atoms with van der Waals surface area (Å²) >= 11 is 5.79. The Labute approximate surface area is 143 Å². The van der Waals surface area contributed by atoms with Crippen molar-refractivity contribution in [1.82, 2.24) is 20.0 Å². The van der Waals surface area contributed by atoms with E-state index in [0.29, 0.717) is 23.1 Å². The highest BCUT2D eigenvalue weighted by molar-refractivity contribution is 6.29. The molecule has 3 rings (SSSR count). The molecule has 0 bridgehead atoms. The van der Waals surface area contributed by atoms with Gasteiger partial charge in [0, 0.05) is 12.0 Å². The summed E-state index contributed by atoms with van der Waals surface area (Å²) in [6, 6.07) is 13.3. The zero-order valence-electron chi connectivity index (χ0n) is 13.0. The molecule has 0 aliphatic rings. The first-order valence-corrected chi connectivity index (χ1v) is 7.78. The zero-order valence-corrected chi connectivity index (χ0v) is 13.7. The molecule has 3 aromatic rings. The molecule has 0 aliphatic heterocycles. The van der Waals surface area contributed by atoms with Gasteiger partial charge in [0.1, 0.15) is 0 Å². The molecule has 2 aromatic heterocycles. The van der Waals surface area contributed by atoms with E-state index in [4.69, 9.17) is 16.7 Å². The maximum Gasteiger partial charge on any atom is 0.303 e. The van der Waals surface area contributed by atoms with Crippen LogP contribution in [0.2, 0.25) is 5.15 Å². The standard InChI is InChI=1S/C17H15ClN4O2/c1-11-2-4-12(5-3-11)14-10-13(6-9-17(23)24)21-22(14)16-8-7-15(18)19-20-16/h2-5,7-8,10H,6,9H2,1H3,(H,23,24). The fourth-order valence-electron chi connectivity index (χ4n) is 2.31. The third-order valence-corrected chi connectivity index (χ3v) is 3.74. The minimum Gasteiger partial charge on any atom is -0.481 e. The molecule has 0 radical (unpaired) electrons. The number of carboxylic acid groups (broad SMARTS) is 1. The normalized spacial score (nSPS) is 10.8. The van der Waals surface area contributed by atoms with Crippen molar-refractivity contribution < 1.29 is 9.90 Å². The van der Waals surface area contributed by atoms with E-state index in [-0.39, 0.29) is 6.42 Å². The Morgan fingerprint density at radius 1 is 1.17 bits per heavy atom. The molecule has 0 spiro atoms. The highest BCUT2D eigenvalue weighted by Crippen LogP contribution is 2.24. The van der Waals surface area contributed by atoms with Crippen LogP contribution in [0.25, 0.3) is 17.1 Å². The summed E-state index contributed by atoms with van der Waals surface area (Å²) in [5.41, 5.74) is 3.63. The minimum atomic E-state index is -0.854. The molecular formula is C17H15ClN4O2. The second-order valence-corrected chi connectivity index (χ2v) is 5.79. The first-order chi connectivity index (χ1) is 11.5. The van der Waals surface area contributed by atoms with Crippen molar-refractivity contribution in [2.24, 2.45) is 0 Å². The van der Waals surface area contributed by atoms with Gasteiger partial charge in [-0.25, -0.2) is 4.68 Å². The van der Waals surface area contributed by atoms with Crippen LogP contribution in [0.1, 0.15) is 17.7 Å². The van der Waals surface area contributed by atoms with E-state index in [1.54, 1.807) is 16.8 Å². The highest BCUT2D eigenvalue weighted by atomic mass is 35.5. The maximum absolute atomic E-state index is 10.8. The number of halogens is 1. The first kappa shape index (κ1) is 16.1. The molecule has 0 aliphatic carbocycles. The average molecular weight is 343 g/mol. The van der Waals surface area contributed by atoms with Crippen molar-refractivity contribution in [3.05, 3.63) is 58.9 Å². The molecule has 0 saturated carbocycles. The van der Waals surface area contributed by atoms with Gasteiger partial charge in [0.2, 0.25) is 0 Å². The zero-order chi connectivity index (χ0) is 17.1. The lowest BCUT2D eigenvalue weighted by atomic mass is 10.1. The lowest BCUT2D eigenvalue weighted by molar-refractivity contribution is -0.136. The van der Waals surface area contributed by atoms with E-state index in [1.807, 2.05) is 37.3 Å². The van der Waals surface area contributed by atoms with E-state index in [1.165, 1.54) is 0 Å². The quantitative estimate of drug-likeness (QED) is 0.769. The van der Waals surface area contributed by atoms with Crippen LogP contribution in [0.4, 0.5) is 0 Å². The number of nitrogens with zero attached hydrogens (tertiary/aromatic N) is 4. The molecular weight excluding hydrogens is 328 g/mol. The summed E-state index contributed by atoms with van der Waals surface area (Å²) in [4.78, 5) is 10.8. The molecule has 0 unspecified atom stereocenters. The van der Waals surface area contributed by atoms with Crippen LogP contribution in [0.5, 0.6) is 0 Å². The van der Waals surface area contributed by atoms with Gasteiger partial charge in [-0.1, -0.05) is 41.4 Å². The van der Waals surface area contributed by atoms with Gasteiger partial charge in [-0.05, 0) is 25.1 Å². The fraction of sp³-hybridized carbons (Fsp3) is 0.176. The molecule has 0 fully saturated rings. The van der Waals surface area contributed by atoms with E-state index in [0.717, 1.165) is 16.8 Å². The number of carbonyl (C=O) groups is 1. The van der Waals surface area contributed by atoms with Crippen LogP contribution in [0.3, 0.4) is 0 Å². The van der Waals surface area contributed by atoms with Gasteiger partial charge in [-0.3, -0.25) is 4.79 Å². The van der Waals surface area contributed by atoms with Crippen molar-refractivity contribution in [2.75, 3.05) is 0 Å². The number of rotatable bonds is 5. The first-order valence-electron chi connectivity index (χ1n) is 7.40. The number of aromatic nitrogens is 4. The van der Waals surface area contributed by atoms with Crippen LogP contribution in [0, 0.1) is 6.92 Å². The van der Waals surface area contributed by atoms with Crippen molar-refractivity contribution in [1.29, 1.82) is 0 Å². The molecule has 1 N–H and O–H groups in total. The number of hydrogen-bond acceptors (Lipinski definition) is 4. The molecule has 24 heavy (non-hydrogen) atoms. The molecule has 6 nitrogen and oxygen atoms in total. The van der Waals surface area contributed by atoms with Crippen molar-refractivity contribution >= 4 is 17.6 Å². The van der Waals surface area contributed by atoms with Gasteiger partial charge in [0.15, 0.2) is 11.0 Å². The lowest BCUT2D eigenvalue weighted by Crippen LogP contribution is -2.04. The minimum absolute atomic E-state index is 0.0245. The molecule has 1 aromatic carbocycles. The summed E-state index contributed by atoms with van der Waals surface area (Å²) in [5.74, 6) is -0.329. The van der Waals surface area contributed by atoms with Crippen molar-refractivity contribution in [2.45, 2.75) is 19.8 Å². The molecule has 7 heteroatoms. The Kier molecular flexibility index (Phi) is 4.57. The monoisotopic (exact) mass is 342 g/mol. The molecule has 0 atom stereocenters. The van der Waals surface area contributed by atoms with Crippen LogP contribution in [0.15, 0.2) is 42.5 Å². The van der Waals surface area contributed by atoms with Gasteiger partial charge in [0.25, 0.3) is 0 Å². The summed E-state index contributed by atoms with van der Waals surface area (Å²) in [6.07, 6.45) is 0.374. The Balaban J connectivity index is 2.05. The van der Waals surface area contributed by atoms with E-state index < -0.39 is 5.97 Å². The van der Waals surface area contributed by atoms with E-state index in [2.05, 4.69) is 15.3 Å². The van der Waals surface area contributed by atoms with Crippen LogP contribution < -0.4 is 0 Å². The second-order valence-electron chi connectivity index (χ2n) is 5.41. The Hall–Kier alpha value is -2.73. The lowest BCUT2D eigenvalue weighted by Gasteiger charge is -2.06. The topological polar surface area (TPSA) is 80.9 Å². The predicted molar refractivity (Wildman–Crippen MR) is 90.3 cm³/mol. The summed E-state index contributed by atoms with van der Waals surface area (Å²) < 4.78 is 1.66. The van der Waals surface area contributed by atoms with Crippen LogP contribution >= 0.6 is 11.6 Å². The van der Waals surface area contributed by atoms with Crippen LogP contribution in [-0.2, 0) is 11.2 Å². The predicted octanol–water partition coefficient (Wildman–Crippen LogP) is 3.31. The number of benzene rings is 1. The number of aryl methyl sites for hydroxylation is 2. The molecule has 122 valence electrons. The number of hydrogen-bond donors (Lipinski definition) is 1. The van der Waals surface area contributed by atoms with Gasteiger partial charge in [-0.15, -0.1) is 10.2 Å². The van der Waals surface area contributed by atoms with Gasteiger partial charge < -0.3 is 5.11 Å². The Bertz CT molecular complexity index is 794. The SMILES string of the molecule is Cc1ccc(-c2cc(CCC(=O)O)nn2-c2ccc(Cl)nn2)cc1. The van der Waals surface area contributed by atoms with Crippen LogP contribution in [-0.4, -0.2) is 31.1 Å². The molecule has 0 saturated heterocycles. The smallest absolute Gasteiger partial charge is 0.303 e. The Morgan fingerprint density at radius 3 is 2.54 bits per heavy atom. The maximum atomic E-state index is 10.8. The second kappa shape index (κ2) is 6.80. The molecule has 0 amide bonds. The van der Waals surface area contributed by atoms with Gasteiger partial charge in [0.05, 0.1) is 17.8 Å². The third kappa shape index (κ3) is 3.60. The number of aliphatic carboxylic acids is 1. The number of carboxylic acids is 1. The Morgan fingerprint density at radius 2 is 1.92 bits per heavy atom. The fourth-order valence-corrected chi connectivity index (χ4v) is 2.41. The summed E-state index contributed by atoms with van der Waals surface area (Å²) in [7, 11) is 0. The average Bonchev–Trinajstić information content (AvgIpc) is 2.98. The molecule has 2 heterocycles. The largest absolute Gasteiger partial charge is 0.481 e. The van der Waals surface area contributed by atoms with Crippen molar-refractivity contribution in [3.8, 4) is 17.1 Å². The highest BCUT2D eigenvalue weighted by Gasteiger charge is 2.14. The van der Waals surface area contributed by atoms with E-state index in [9.17, 15) is 4.79 Å². The summed E-state index contributed by atoms with van der Waals surface area (Å²) in [6.45, 7) is 2.02. The van der Waals surface area contributed by atoms with Gasteiger partial charge >= 0.3 is 5.97 Å². The van der Waals surface area contributed by atoms with Gasteiger partial charge in [-0.2, -0.15) is 5.10 Å². The van der Waals surface area contributed by atoms with Crippen molar-refractivity contribution in [3.63, 3.8) is 0 Å².